The highest BCUT2D eigenvalue weighted by atomic mass is 16.5. The van der Waals surface area contributed by atoms with Crippen LogP contribution < -0.4 is 20.1 Å². The highest BCUT2D eigenvalue weighted by Crippen LogP contribution is 2.30. The Morgan fingerprint density at radius 3 is 2.21 bits per heavy atom. The van der Waals surface area contributed by atoms with E-state index in [1.807, 2.05) is 37.3 Å². The summed E-state index contributed by atoms with van der Waals surface area (Å²) in [6, 6.07) is 14.6. The maximum Gasteiger partial charge on any atom is 0.274 e. The number of ether oxygens (including phenoxy) is 2. The number of carbonyl (C=O) groups excluding carboxylic acids is 1. The lowest BCUT2D eigenvalue weighted by molar-refractivity contribution is 0.102. The zero-order chi connectivity index (χ0) is 20.1. The Morgan fingerprint density at radius 2 is 1.54 bits per heavy atom. The van der Waals surface area contributed by atoms with E-state index in [4.69, 9.17) is 9.47 Å². The summed E-state index contributed by atoms with van der Waals surface area (Å²) in [5.74, 6) is 1.92. The largest absolute Gasteiger partial charge is 0.493 e. The third-order valence-electron chi connectivity index (χ3n) is 4.04. The molecule has 0 saturated heterocycles. The Hall–Kier alpha value is -3.61. The fraction of sp³-hybridized carbons (Fsp3) is 0.190. The number of hydrogen-bond donors (Lipinski definition) is 2. The van der Waals surface area contributed by atoms with Crippen molar-refractivity contribution in [2.45, 2.75) is 13.8 Å². The van der Waals surface area contributed by atoms with Gasteiger partial charge in [0.05, 0.1) is 14.2 Å². The summed E-state index contributed by atoms with van der Waals surface area (Å²) in [5.41, 5.74) is 2.86. The Bertz CT molecular complexity index is 987. The van der Waals surface area contributed by atoms with E-state index in [0.717, 1.165) is 11.3 Å². The van der Waals surface area contributed by atoms with Crippen molar-refractivity contribution in [3.8, 4) is 11.5 Å². The van der Waals surface area contributed by atoms with Crippen molar-refractivity contribution in [2.24, 2.45) is 0 Å². The number of anilines is 3. The predicted octanol–water partition coefficient (Wildman–Crippen LogP) is 4.11. The lowest BCUT2D eigenvalue weighted by Gasteiger charge is -2.12. The molecule has 2 N–H and O–H groups in total. The van der Waals surface area contributed by atoms with E-state index >= 15 is 0 Å². The molecule has 0 bridgehead atoms. The van der Waals surface area contributed by atoms with Crippen molar-refractivity contribution >= 4 is 23.1 Å². The molecular formula is C21H22N4O3. The van der Waals surface area contributed by atoms with E-state index < -0.39 is 0 Å². The summed E-state index contributed by atoms with van der Waals surface area (Å²) in [6.45, 7) is 3.73. The number of benzene rings is 2. The minimum atomic E-state index is -0.301. The van der Waals surface area contributed by atoms with Gasteiger partial charge in [0.25, 0.3) is 5.91 Å². The number of nitrogens with one attached hydrogen (secondary N) is 2. The van der Waals surface area contributed by atoms with E-state index in [2.05, 4.69) is 20.6 Å². The standard InChI is InChI=1S/C21H22N4O3/c1-13-5-7-15(8-6-13)25-21(26)17-12-20(23-14(2)22-17)24-16-9-10-18(27-3)19(11-16)28-4/h5-12H,1-4H3,(H,25,26)(H,22,23,24). The highest BCUT2D eigenvalue weighted by Gasteiger charge is 2.12. The van der Waals surface area contributed by atoms with Gasteiger partial charge in [-0.2, -0.15) is 0 Å². The first-order valence-corrected chi connectivity index (χ1v) is 8.71. The van der Waals surface area contributed by atoms with E-state index in [9.17, 15) is 4.79 Å². The van der Waals surface area contributed by atoms with Gasteiger partial charge in [-0.25, -0.2) is 9.97 Å². The Kier molecular flexibility index (Phi) is 5.74. The van der Waals surface area contributed by atoms with Crippen molar-refractivity contribution in [3.63, 3.8) is 0 Å². The monoisotopic (exact) mass is 378 g/mol. The second-order valence-electron chi connectivity index (χ2n) is 6.20. The van der Waals surface area contributed by atoms with Crippen molar-refractivity contribution < 1.29 is 14.3 Å². The Morgan fingerprint density at radius 1 is 0.857 bits per heavy atom. The van der Waals surface area contributed by atoms with Gasteiger partial charge in [0, 0.05) is 23.5 Å². The molecule has 144 valence electrons. The molecule has 2 aromatic carbocycles. The SMILES string of the molecule is COc1ccc(Nc2cc(C(=O)Nc3ccc(C)cc3)nc(C)n2)cc1OC. The van der Waals surface area contributed by atoms with Gasteiger partial charge in [0.15, 0.2) is 11.5 Å². The first-order chi connectivity index (χ1) is 13.5. The second kappa shape index (κ2) is 8.39. The normalized spacial score (nSPS) is 10.3. The number of carbonyl (C=O) groups is 1. The molecule has 3 aromatic rings. The van der Waals surface area contributed by atoms with Crippen LogP contribution in [0, 0.1) is 13.8 Å². The number of nitrogens with zero attached hydrogens (tertiary/aromatic N) is 2. The number of rotatable bonds is 6. The molecule has 0 atom stereocenters. The van der Waals surface area contributed by atoms with Crippen LogP contribution in [-0.2, 0) is 0 Å². The van der Waals surface area contributed by atoms with Crippen LogP contribution in [-0.4, -0.2) is 30.1 Å². The van der Waals surface area contributed by atoms with E-state index in [1.54, 1.807) is 39.3 Å². The molecule has 1 heterocycles. The molecule has 0 spiro atoms. The molecule has 0 unspecified atom stereocenters. The van der Waals surface area contributed by atoms with Crippen molar-refractivity contribution in [2.75, 3.05) is 24.9 Å². The summed E-state index contributed by atoms with van der Waals surface area (Å²) in [6.07, 6.45) is 0. The molecule has 0 aliphatic rings. The summed E-state index contributed by atoms with van der Waals surface area (Å²) < 4.78 is 10.6. The smallest absolute Gasteiger partial charge is 0.274 e. The molecular weight excluding hydrogens is 356 g/mol. The Balaban J connectivity index is 1.81. The average Bonchev–Trinajstić information content (AvgIpc) is 2.69. The van der Waals surface area contributed by atoms with Gasteiger partial charge in [-0.3, -0.25) is 4.79 Å². The molecule has 0 radical (unpaired) electrons. The summed E-state index contributed by atoms with van der Waals surface area (Å²) in [7, 11) is 3.15. The number of hydrogen-bond acceptors (Lipinski definition) is 6. The topological polar surface area (TPSA) is 85.4 Å². The fourth-order valence-electron chi connectivity index (χ4n) is 2.64. The third-order valence-corrected chi connectivity index (χ3v) is 4.04. The molecule has 7 heteroatoms. The first-order valence-electron chi connectivity index (χ1n) is 8.71. The number of aromatic nitrogens is 2. The zero-order valence-electron chi connectivity index (χ0n) is 16.2. The predicted molar refractivity (Wildman–Crippen MR) is 109 cm³/mol. The van der Waals surface area contributed by atoms with Gasteiger partial charge in [-0.1, -0.05) is 17.7 Å². The zero-order valence-corrected chi connectivity index (χ0v) is 16.2. The van der Waals surface area contributed by atoms with Crippen LogP contribution in [0.25, 0.3) is 0 Å². The van der Waals surface area contributed by atoms with Crippen LogP contribution in [0.4, 0.5) is 17.2 Å². The molecule has 1 amide bonds. The first kappa shape index (κ1) is 19.2. The number of methoxy groups -OCH3 is 2. The van der Waals surface area contributed by atoms with Crippen LogP contribution >= 0.6 is 0 Å². The molecule has 7 nitrogen and oxygen atoms in total. The van der Waals surface area contributed by atoms with Crippen LogP contribution in [0.2, 0.25) is 0 Å². The minimum absolute atomic E-state index is 0.274. The quantitative estimate of drug-likeness (QED) is 0.671. The van der Waals surface area contributed by atoms with Gasteiger partial charge < -0.3 is 20.1 Å². The van der Waals surface area contributed by atoms with Crippen LogP contribution in [0.5, 0.6) is 11.5 Å². The van der Waals surface area contributed by atoms with E-state index in [0.29, 0.717) is 28.8 Å². The summed E-state index contributed by atoms with van der Waals surface area (Å²) >= 11 is 0. The molecule has 0 aliphatic heterocycles. The van der Waals surface area contributed by atoms with Gasteiger partial charge in [-0.05, 0) is 38.1 Å². The maximum atomic E-state index is 12.6. The third kappa shape index (κ3) is 4.56. The van der Waals surface area contributed by atoms with Crippen LogP contribution in [0.1, 0.15) is 21.9 Å². The fourth-order valence-corrected chi connectivity index (χ4v) is 2.64. The number of amides is 1. The summed E-state index contributed by atoms with van der Waals surface area (Å²) in [5, 5.41) is 6.01. The molecule has 0 aliphatic carbocycles. The average molecular weight is 378 g/mol. The van der Waals surface area contributed by atoms with E-state index in [1.165, 1.54) is 0 Å². The van der Waals surface area contributed by atoms with Crippen LogP contribution in [0.15, 0.2) is 48.5 Å². The van der Waals surface area contributed by atoms with Gasteiger partial charge in [0.1, 0.15) is 17.3 Å². The molecule has 3 rings (SSSR count). The minimum Gasteiger partial charge on any atom is -0.493 e. The molecule has 28 heavy (non-hydrogen) atoms. The molecule has 0 saturated carbocycles. The molecule has 1 aromatic heterocycles. The van der Waals surface area contributed by atoms with Gasteiger partial charge in [0.2, 0.25) is 0 Å². The highest BCUT2D eigenvalue weighted by molar-refractivity contribution is 6.03. The lowest BCUT2D eigenvalue weighted by atomic mass is 10.2. The second-order valence-corrected chi connectivity index (χ2v) is 6.20. The Labute approximate surface area is 163 Å². The van der Waals surface area contributed by atoms with Crippen molar-refractivity contribution in [3.05, 3.63) is 65.6 Å². The van der Waals surface area contributed by atoms with Gasteiger partial charge >= 0.3 is 0 Å². The van der Waals surface area contributed by atoms with E-state index in [-0.39, 0.29) is 11.6 Å². The summed E-state index contributed by atoms with van der Waals surface area (Å²) in [4.78, 5) is 21.2. The van der Waals surface area contributed by atoms with Crippen LogP contribution in [0.3, 0.4) is 0 Å². The molecule has 0 fully saturated rings. The lowest BCUT2D eigenvalue weighted by Crippen LogP contribution is -2.15. The van der Waals surface area contributed by atoms with Crippen molar-refractivity contribution in [1.29, 1.82) is 0 Å². The maximum absolute atomic E-state index is 12.6. The van der Waals surface area contributed by atoms with Gasteiger partial charge in [-0.15, -0.1) is 0 Å². The number of aryl methyl sites for hydroxylation is 2. The van der Waals surface area contributed by atoms with Crippen molar-refractivity contribution in [1.82, 2.24) is 9.97 Å².